The first-order valence-electron chi connectivity index (χ1n) is 5.09. The van der Waals surface area contributed by atoms with E-state index < -0.39 is 10.0 Å². The fraction of sp³-hybridized carbons (Fsp3) is 0.600. The second kappa shape index (κ2) is 6.27. The van der Waals surface area contributed by atoms with Gasteiger partial charge in [-0.1, -0.05) is 6.92 Å². The topological polar surface area (TPSA) is 59.3 Å². The van der Waals surface area contributed by atoms with Crippen LogP contribution in [0.4, 0.5) is 0 Å². The third kappa shape index (κ3) is 5.01. The van der Waals surface area contributed by atoms with E-state index in [4.69, 9.17) is 16.0 Å². The summed E-state index contributed by atoms with van der Waals surface area (Å²) in [4.78, 5) is 0. The van der Waals surface area contributed by atoms with Gasteiger partial charge in [-0.3, -0.25) is 0 Å². The zero-order chi connectivity index (χ0) is 12.0. The Bertz CT molecular complexity index is 388. The first-order chi connectivity index (χ1) is 7.53. The van der Waals surface area contributed by atoms with E-state index in [0.29, 0.717) is 18.8 Å². The van der Waals surface area contributed by atoms with Gasteiger partial charge in [0.05, 0.1) is 12.0 Å². The van der Waals surface area contributed by atoms with Gasteiger partial charge in [0.25, 0.3) is 0 Å². The molecule has 1 rings (SSSR count). The second-order valence-electron chi connectivity index (χ2n) is 3.76. The van der Waals surface area contributed by atoms with Crippen LogP contribution in [0.1, 0.15) is 12.7 Å². The van der Waals surface area contributed by atoms with Gasteiger partial charge in [0, 0.05) is 18.8 Å². The Morgan fingerprint density at radius 2 is 2.31 bits per heavy atom. The van der Waals surface area contributed by atoms with Crippen LogP contribution in [0.2, 0.25) is 0 Å². The number of furan rings is 1. The Labute approximate surface area is 101 Å². The molecule has 0 radical (unpaired) electrons. The highest BCUT2D eigenvalue weighted by molar-refractivity contribution is 7.89. The lowest BCUT2D eigenvalue weighted by molar-refractivity contribution is 0.505. The van der Waals surface area contributed by atoms with E-state index in [1.807, 2.05) is 6.07 Å². The first kappa shape index (κ1) is 13.5. The quantitative estimate of drug-likeness (QED) is 0.762. The van der Waals surface area contributed by atoms with E-state index in [2.05, 4.69) is 4.72 Å². The average molecular weight is 266 g/mol. The van der Waals surface area contributed by atoms with E-state index in [0.717, 1.165) is 5.76 Å². The van der Waals surface area contributed by atoms with E-state index in [1.54, 1.807) is 19.3 Å². The Morgan fingerprint density at radius 1 is 1.56 bits per heavy atom. The van der Waals surface area contributed by atoms with Crippen molar-refractivity contribution in [1.29, 1.82) is 0 Å². The Kier molecular flexibility index (Phi) is 5.31. The largest absolute Gasteiger partial charge is 0.469 e. The number of alkyl halides is 1. The number of sulfonamides is 1. The molecule has 0 aliphatic heterocycles. The van der Waals surface area contributed by atoms with Gasteiger partial charge < -0.3 is 4.42 Å². The summed E-state index contributed by atoms with van der Waals surface area (Å²) in [5, 5.41) is 0. The minimum absolute atomic E-state index is 0.0391. The van der Waals surface area contributed by atoms with Crippen molar-refractivity contribution in [3.05, 3.63) is 24.2 Å². The van der Waals surface area contributed by atoms with Gasteiger partial charge in [-0.15, -0.1) is 11.6 Å². The van der Waals surface area contributed by atoms with Crippen LogP contribution in [-0.2, 0) is 16.4 Å². The highest BCUT2D eigenvalue weighted by atomic mass is 35.5. The predicted octanol–water partition coefficient (Wildman–Crippen LogP) is 1.62. The van der Waals surface area contributed by atoms with Crippen LogP contribution < -0.4 is 4.72 Å². The molecule has 0 bridgehead atoms. The predicted molar refractivity (Wildman–Crippen MR) is 64.1 cm³/mol. The molecular weight excluding hydrogens is 250 g/mol. The maximum absolute atomic E-state index is 11.5. The van der Waals surface area contributed by atoms with Gasteiger partial charge >= 0.3 is 0 Å². The van der Waals surface area contributed by atoms with Gasteiger partial charge in [0.2, 0.25) is 10.0 Å². The maximum Gasteiger partial charge on any atom is 0.211 e. The Morgan fingerprint density at radius 3 is 2.88 bits per heavy atom. The number of hydrogen-bond donors (Lipinski definition) is 1. The highest BCUT2D eigenvalue weighted by Crippen LogP contribution is 2.03. The molecule has 0 saturated carbocycles. The number of nitrogens with one attached hydrogen (secondary N) is 1. The molecule has 1 unspecified atom stereocenters. The fourth-order valence-electron chi connectivity index (χ4n) is 1.26. The van der Waals surface area contributed by atoms with Gasteiger partial charge in [0.15, 0.2) is 0 Å². The van der Waals surface area contributed by atoms with Crippen molar-refractivity contribution in [2.45, 2.75) is 13.3 Å². The van der Waals surface area contributed by atoms with Crippen LogP contribution in [0, 0.1) is 5.92 Å². The van der Waals surface area contributed by atoms with E-state index in [-0.39, 0.29) is 11.7 Å². The SMILES string of the molecule is CC(CCl)CS(=O)(=O)NCCc1ccco1. The monoisotopic (exact) mass is 265 g/mol. The summed E-state index contributed by atoms with van der Waals surface area (Å²) >= 11 is 5.57. The lowest BCUT2D eigenvalue weighted by Gasteiger charge is -2.09. The van der Waals surface area contributed by atoms with Crippen molar-refractivity contribution in [2.24, 2.45) is 5.92 Å². The highest BCUT2D eigenvalue weighted by Gasteiger charge is 2.14. The van der Waals surface area contributed by atoms with Crippen molar-refractivity contribution in [3.63, 3.8) is 0 Å². The van der Waals surface area contributed by atoms with Gasteiger partial charge in [0.1, 0.15) is 5.76 Å². The summed E-state index contributed by atoms with van der Waals surface area (Å²) in [7, 11) is -3.22. The maximum atomic E-state index is 11.5. The van der Waals surface area contributed by atoms with Gasteiger partial charge in [-0.2, -0.15) is 0 Å². The lowest BCUT2D eigenvalue weighted by Crippen LogP contribution is -2.31. The van der Waals surface area contributed by atoms with E-state index in [9.17, 15) is 8.42 Å². The van der Waals surface area contributed by atoms with Crippen molar-refractivity contribution in [2.75, 3.05) is 18.2 Å². The van der Waals surface area contributed by atoms with Gasteiger partial charge in [-0.05, 0) is 18.1 Å². The zero-order valence-electron chi connectivity index (χ0n) is 9.15. The molecule has 4 nitrogen and oxygen atoms in total. The molecule has 0 aliphatic carbocycles. The normalized spacial score (nSPS) is 13.9. The van der Waals surface area contributed by atoms with Crippen LogP contribution >= 0.6 is 11.6 Å². The Hall–Kier alpha value is -0.520. The molecule has 1 heterocycles. The van der Waals surface area contributed by atoms with Crippen molar-refractivity contribution < 1.29 is 12.8 Å². The number of hydrogen-bond acceptors (Lipinski definition) is 3. The minimum atomic E-state index is -3.22. The molecule has 0 aliphatic rings. The van der Waals surface area contributed by atoms with Crippen LogP contribution in [0.3, 0.4) is 0 Å². The standard InChI is InChI=1S/C10H16ClNO3S/c1-9(7-11)8-16(13,14)12-5-4-10-3-2-6-15-10/h2-3,6,9,12H,4-5,7-8H2,1H3. The molecular formula is C10H16ClNO3S. The molecule has 16 heavy (non-hydrogen) atoms. The smallest absolute Gasteiger partial charge is 0.211 e. The molecule has 6 heteroatoms. The fourth-order valence-corrected chi connectivity index (χ4v) is 2.90. The minimum Gasteiger partial charge on any atom is -0.469 e. The van der Waals surface area contributed by atoms with E-state index in [1.165, 1.54) is 0 Å². The number of rotatable bonds is 7. The summed E-state index contributed by atoms with van der Waals surface area (Å²) in [5.41, 5.74) is 0. The summed E-state index contributed by atoms with van der Waals surface area (Å²) in [6.45, 7) is 2.16. The molecule has 1 aromatic rings. The first-order valence-corrected chi connectivity index (χ1v) is 7.28. The molecule has 92 valence electrons. The Balaban J connectivity index is 2.31. The molecule has 0 saturated heterocycles. The summed E-state index contributed by atoms with van der Waals surface area (Å²) in [6, 6.07) is 3.59. The summed E-state index contributed by atoms with van der Waals surface area (Å²) in [6.07, 6.45) is 2.13. The molecule has 0 fully saturated rings. The van der Waals surface area contributed by atoms with Crippen LogP contribution in [0.15, 0.2) is 22.8 Å². The van der Waals surface area contributed by atoms with Crippen molar-refractivity contribution in [3.8, 4) is 0 Å². The zero-order valence-corrected chi connectivity index (χ0v) is 10.7. The molecule has 0 amide bonds. The van der Waals surface area contributed by atoms with E-state index >= 15 is 0 Å². The molecule has 0 aromatic carbocycles. The van der Waals surface area contributed by atoms with Gasteiger partial charge in [-0.25, -0.2) is 13.1 Å². The molecule has 1 N–H and O–H groups in total. The number of halogens is 1. The lowest BCUT2D eigenvalue weighted by atomic mass is 10.3. The molecule has 0 spiro atoms. The van der Waals surface area contributed by atoms with Crippen molar-refractivity contribution >= 4 is 21.6 Å². The molecule has 1 atom stereocenters. The third-order valence-corrected chi connectivity index (χ3v) is 4.22. The van der Waals surface area contributed by atoms with Crippen LogP contribution in [0.5, 0.6) is 0 Å². The summed E-state index contributed by atoms with van der Waals surface area (Å²) < 4.78 is 30.7. The van der Waals surface area contributed by atoms with Crippen molar-refractivity contribution in [1.82, 2.24) is 4.72 Å². The average Bonchev–Trinajstić information content (AvgIpc) is 2.69. The molecule has 1 aromatic heterocycles. The van der Waals surface area contributed by atoms with Crippen LogP contribution in [-0.4, -0.2) is 26.6 Å². The summed E-state index contributed by atoms with van der Waals surface area (Å²) in [5.74, 6) is 1.14. The second-order valence-corrected chi connectivity index (χ2v) is 5.92. The van der Waals surface area contributed by atoms with Crippen LogP contribution in [0.25, 0.3) is 0 Å². The third-order valence-electron chi connectivity index (χ3n) is 2.04.